The van der Waals surface area contributed by atoms with E-state index < -0.39 is 6.03 Å². The molecule has 1 rings (SSSR count). The van der Waals surface area contributed by atoms with Crippen LogP contribution >= 0.6 is 0 Å². The van der Waals surface area contributed by atoms with Crippen LogP contribution < -0.4 is 11.1 Å². The summed E-state index contributed by atoms with van der Waals surface area (Å²) in [6.45, 7) is 2.04. The number of urea groups is 1. The van der Waals surface area contributed by atoms with Crippen LogP contribution in [-0.2, 0) is 0 Å². The van der Waals surface area contributed by atoms with Crippen LogP contribution in [0.1, 0.15) is 18.4 Å². The zero-order chi connectivity index (χ0) is 10.6. The molecule has 0 aliphatic carbocycles. The molecule has 0 spiro atoms. The first kappa shape index (κ1) is 10.5. The third-order valence-corrected chi connectivity index (χ3v) is 2.02. The van der Waals surface area contributed by atoms with Crippen LogP contribution in [0.15, 0.2) is 24.3 Å². The molecule has 4 nitrogen and oxygen atoms in total. The van der Waals surface area contributed by atoms with E-state index in [0.29, 0.717) is 5.69 Å². The average Bonchev–Trinajstić information content (AvgIpc) is 2.17. The summed E-state index contributed by atoms with van der Waals surface area (Å²) >= 11 is 0. The Morgan fingerprint density at radius 1 is 1.50 bits per heavy atom. The van der Waals surface area contributed by atoms with Gasteiger partial charge >= 0.3 is 6.03 Å². The fourth-order valence-electron chi connectivity index (χ4n) is 1.14. The van der Waals surface area contributed by atoms with Gasteiger partial charge in [-0.2, -0.15) is 0 Å². The minimum Gasteiger partial charge on any atom is -0.396 e. The number of nitrogens with two attached hydrogens (primary N) is 1. The molecule has 0 aliphatic heterocycles. The largest absolute Gasteiger partial charge is 0.396 e. The Balaban J connectivity index is 2.73. The van der Waals surface area contributed by atoms with Crippen LogP contribution in [-0.4, -0.2) is 17.7 Å². The van der Waals surface area contributed by atoms with E-state index in [2.05, 4.69) is 5.32 Å². The molecule has 1 unspecified atom stereocenters. The highest BCUT2D eigenvalue weighted by molar-refractivity contribution is 5.87. The molecule has 4 N–H and O–H groups in total. The SMILES string of the molecule is CC(CO)c1ccc(NC(N)=O)cc1. The Morgan fingerprint density at radius 2 is 2.07 bits per heavy atom. The lowest BCUT2D eigenvalue weighted by Gasteiger charge is -2.08. The van der Waals surface area contributed by atoms with Gasteiger partial charge in [0.05, 0.1) is 0 Å². The van der Waals surface area contributed by atoms with Crippen LogP contribution in [0.25, 0.3) is 0 Å². The molecule has 0 saturated heterocycles. The van der Waals surface area contributed by atoms with E-state index in [1.165, 1.54) is 0 Å². The Hall–Kier alpha value is -1.55. The van der Waals surface area contributed by atoms with Crippen LogP contribution in [0.4, 0.5) is 10.5 Å². The van der Waals surface area contributed by atoms with Crippen molar-refractivity contribution < 1.29 is 9.90 Å². The van der Waals surface area contributed by atoms with Crippen LogP contribution in [0.2, 0.25) is 0 Å². The molecule has 0 aliphatic rings. The van der Waals surface area contributed by atoms with Crippen molar-refractivity contribution >= 4 is 11.7 Å². The lowest BCUT2D eigenvalue weighted by atomic mass is 10.0. The van der Waals surface area contributed by atoms with Gasteiger partial charge in [-0.15, -0.1) is 0 Å². The third-order valence-electron chi connectivity index (χ3n) is 2.02. The van der Waals surface area contributed by atoms with Gasteiger partial charge in [0.25, 0.3) is 0 Å². The zero-order valence-corrected chi connectivity index (χ0v) is 8.03. The maximum Gasteiger partial charge on any atom is 0.316 e. The number of hydrogen-bond acceptors (Lipinski definition) is 2. The van der Waals surface area contributed by atoms with Crippen molar-refractivity contribution in [1.29, 1.82) is 0 Å². The monoisotopic (exact) mass is 194 g/mol. The van der Waals surface area contributed by atoms with Crippen molar-refractivity contribution in [3.63, 3.8) is 0 Å². The number of carbonyl (C=O) groups is 1. The van der Waals surface area contributed by atoms with Gasteiger partial charge < -0.3 is 16.2 Å². The number of amides is 2. The molecule has 0 saturated carbocycles. The summed E-state index contributed by atoms with van der Waals surface area (Å²) in [5.74, 6) is 0.109. The number of aliphatic hydroxyl groups excluding tert-OH is 1. The fraction of sp³-hybridized carbons (Fsp3) is 0.300. The van der Waals surface area contributed by atoms with Gasteiger partial charge in [-0.1, -0.05) is 19.1 Å². The molecular formula is C10H14N2O2. The van der Waals surface area contributed by atoms with Crippen LogP contribution in [0.3, 0.4) is 0 Å². The molecular weight excluding hydrogens is 180 g/mol. The predicted molar refractivity (Wildman–Crippen MR) is 55.1 cm³/mol. The van der Waals surface area contributed by atoms with Crippen LogP contribution in [0.5, 0.6) is 0 Å². The smallest absolute Gasteiger partial charge is 0.316 e. The first-order valence-corrected chi connectivity index (χ1v) is 4.40. The van der Waals surface area contributed by atoms with E-state index in [4.69, 9.17) is 10.8 Å². The highest BCUT2D eigenvalue weighted by Crippen LogP contribution is 2.17. The standard InChI is InChI=1S/C10H14N2O2/c1-7(6-13)8-2-4-9(5-3-8)12-10(11)14/h2-5,7,13H,6H2,1H3,(H3,11,12,14). The molecule has 1 atom stereocenters. The quantitative estimate of drug-likeness (QED) is 0.677. The summed E-state index contributed by atoms with van der Waals surface area (Å²) in [5, 5.41) is 11.4. The lowest BCUT2D eigenvalue weighted by Crippen LogP contribution is -2.19. The number of nitrogens with one attached hydrogen (secondary N) is 1. The molecule has 0 heterocycles. The zero-order valence-electron chi connectivity index (χ0n) is 8.03. The molecule has 0 radical (unpaired) electrons. The van der Waals surface area contributed by atoms with Crippen molar-refractivity contribution in [1.82, 2.24) is 0 Å². The maximum absolute atomic E-state index is 10.5. The topological polar surface area (TPSA) is 75.3 Å². The summed E-state index contributed by atoms with van der Waals surface area (Å²) in [4.78, 5) is 10.5. The van der Waals surface area contributed by atoms with Gasteiger partial charge in [-0.05, 0) is 17.7 Å². The van der Waals surface area contributed by atoms with Gasteiger partial charge in [-0.3, -0.25) is 0 Å². The van der Waals surface area contributed by atoms with E-state index in [1.807, 2.05) is 19.1 Å². The van der Waals surface area contributed by atoms with E-state index in [0.717, 1.165) is 5.56 Å². The molecule has 2 amide bonds. The first-order chi connectivity index (χ1) is 6.63. The first-order valence-electron chi connectivity index (χ1n) is 4.40. The number of carbonyl (C=O) groups excluding carboxylic acids is 1. The van der Waals surface area contributed by atoms with Gasteiger partial charge in [0.15, 0.2) is 0 Å². The number of aliphatic hydroxyl groups is 1. The molecule has 0 fully saturated rings. The van der Waals surface area contributed by atoms with E-state index in [1.54, 1.807) is 12.1 Å². The highest BCUT2D eigenvalue weighted by Gasteiger charge is 2.03. The maximum atomic E-state index is 10.5. The Kier molecular flexibility index (Phi) is 3.48. The second kappa shape index (κ2) is 4.62. The average molecular weight is 194 g/mol. The summed E-state index contributed by atoms with van der Waals surface area (Å²) in [6.07, 6.45) is 0. The number of rotatable bonds is 3. The Labute approximate surface area is 82.7 Å². The van der Waals surface area contributed by atoms with Crippen molar-refractivity contribution in [2.75, 3.05) is 11.9 Å². The number of anilines is 1. The Bertz CT molecular complexity index is 308. The molecule has 14 heavy (non-hydrogen) atoms. The second-order valence-electron chi connectivity index (χ2n) is 3.19. The van der Waals surface area contributed by atoms with Gasteiger partial charge in [0.2, 0.25) is 0 Å². The molecule has 1 aromatic rings. The molecule has 1 aromatic carbocycles. The normalized spacial score (nSPS) is 12.1. The van der Waals surface area contributed by atoms with Gasteiger partial charge in [0, 0.05) is 18.2 Å². The van der Waals surface area contributed by atoms with Crippen molar-refractivity contribution in [2.45, 2.75) is 12.8 Å². The Morgan fingerprint density at radius 3 is 2.50 bits per heavy atom. The summed E-state index contributed by atoms with van der Waals surface area (Å²) < 4.78 is 0. The minimum absolute atomic E-state index is 0.109. The third kappa shape index (κ3) is 2.74. The summed E-state index contributed by atoms with van der Waals surface area (Å²) in [7, 11) is 0. The van der Waals surface area contributed by atoms with E-state index in [-0.39, 0.29) is 12.5 Å². The summed E-state index contributed by atoms with van der Waals surface area (Å²) in [6, 6.07) is 6.64. The van der Waals surface area contributed by atoms with Gasteiger partial charge in [-0.25, -0.2) is 4.79 Å². The van der Waals surface area contributed by atoms with Crippen molar-refractivity contribution in [2.24, 2.45) is 5.73 Å². The molecule has 0 bridgehead atoms. The molecule has 4 heteroatoms. The summed E-state index contributed by atoms with van der Waals surface area (Å²) in [5.41, 5.74) is 6.65. The molecule has 0 aromatic heterocycles. The number of hydrogen-bond donors (Lipinski definition) is 3. The number of primary amides is 1. The van der Waals surface area contributed by atoms with E-state index in [9.17, 15) is 4.79 Å². The second-order valence-corrected chi connectivity index (χ2v) is 3.19. The van der Waals surface area contributed by atoms with Crippen molar-refractivity contribution in [3.05, 3.63) is 29.8 Å². The molecule has 76 valence electrons. The minimum atomic E-state index is -0.576. The lowest BCUT2D eigenvalue weighted by molar-refractivity contribution is 0.259. The predicted octanol–water partition coefficient (Wildman–Crippen LogP) is 1.27. The van der Waals surface area contributed by atoms with E-state index >= 15 is 0 Å². The number of benzene rings is 1. The highest BCUT2D eigenvalue weighted by atomic mass is 16.3. The van der Waals surface area contributed by atoms with Crippen molar-refractivity contribution in [3.8, 4) is 0 Å². The van der Waals surface area contributed by atoms with Gasteiger partial charge in [0.1, 0.15) is 0 Å². The fourth-order valence-corrected chi connectivity index (χ4v) is 1.14. The van der Waals surface area contributed by atoms with Crippen LogP contribution in [0, 0.1) is 0 Å².